The molecule has 4 nitrogen and oxygen atoms in total. The van der Waals surface area contributed by atoms with Gasteiger partial charge in [0.2, 0.25) is 5.95 Å². The lowest BCUT2D eigenvalue weighted by Crippen LogP contribution is -2.03. The van der Waals surface area contributed by atoms with Crippen LogP contribution in [0.25, 0.3) is 88.5 Å². The Hall–Kier alpha value is -6.52. The van der Waals surface area contributed by atoms with Crippen molar-refractivity contribution >= 4 is 54.5 Å². The molecule has 0 atom stereocenters. The summed E-state index contributed by atoms with van der Waals surface area (Å²) in [6, 6.07) is 60.1. The summed E-state index contributed by atoms with van der Waals surface area (Å²) < 4.78 is 4.59. The van der Waals surface area contributed by atoms with Gasteiger partial charge in [0, 0.05) is 38.2 Å². The molecule has 4 heteroatoms. The van der Waals surface area contributed by atoms with E-state index in [1.807, 2.05) is 12.1 Å². The predicted molar refractivity (Wildman–Crippen MR) is 199 cm³/mol. The highest BCUT2D eigenvalue weighted by atomic mass is 15.2. The molecule has 0 aliphatic carbocycles. The van der Waals surface area contributed by atoms with Gasteiger partial charge in [-0.2, -0.15) is 0 Å². The van der Waals surface area contributed by atoms with Crippen LogP contribution in [0, 0.1) is 0 Å². The average Bonchev–Trinajstić information content (AvgIpc) is 3.68. The fraction of sp³-hybridized carbons (Fsp3) is 0. The molecule has 10 aromatic rings. The van der Waals surface area contributed by atoms with E-state index in [0.29, 0.717) is 5.95 Å². The van der Waals surface area contributed by atoms with Crippen molar-refractivity contribution in [3.05, 3.63) is 170 Å². The summed E-state index contributed by atoms with van der Waals surface area (Å²) in [5.74, 6) is 0.664. The van der Waals surface area contributed by atoms with E-state index in [1.54, 1.807) is 0 Å². The molecule has 0 amide bonds. The molecule has 48 heavy (non-hydrogen) atoms. The highest BCUT2D eigenvalue weighted by Crippen LogP contribution is 2.41. The van der Waals surface area contributed by atoms with Crippen LogP contribution in [0.2, 0.25) is 0 Å². The molecule has 3 aromatic heterocycles. The van der Waals surface area contributed by atoms with Gasteiger partial charge in [0.05, 0.1) is 33.3 Å². The minimum Gasteiger partial charge on any atom is -0.309 e. The largest absolute Gasteiger partial charge is 0.309 e. The van der Waals surface area contributed by atoms with Crippen molar-refractivity contribution in [3.63, 3.8) is 0 Å². The van der Waals surface area contributed by atoms with E-state index in [4.69, 9.17) is 9.97 Å². The maximum atomic E-state index is 5.27. The Kier molecular flexibility index (Phi) is 5.84. The van der Waals surface area contributed by atoms with Crippen molar-refractivity contribution in [1.29, 1.82) is 0 Å². The Balaban J connectivity index is 1.24. The molecule has 0 unspecified atom stereocenters. The van der Waals surface area contributed by atoms with Crippen LogP contribution in [0.5, 0.6) is 0 Å². The first-order valence-electron chi connectivity index (χ1n) is 16.3. The van der Waals surface area contributed by atoms with E-state index < -0.39 is 0 Å². The second-order valence-corrected chi connectivity index (χ2v) is 12.2. The Morgan fingerprint density at radius 3 is 1.81 bits per heavy atom. The van der Waals surface area contributed by atoms with Gasteiger partial charge in [-0.05, 0) is 59.7 Å². The third kappa shape index (κ3) is 3.96. The Labute approximate surface area is 276 Å². The number of para-hydroxylation sites is 4. The first kappa shape index (κ1) is 26.7. The summed E-state index contributed by atoms with van der Waals surface area (Å²) in [6.45, 7) is 0. The van der Waals surface area contributed by atoms with Gasteiger partial charge in [0.15, 0.2) is 0 Å². The van der Waals surface area contributed by atoms with E-state index in [2.05, 4.69) is 167 Å². The Morgan fingerprint density at radius 1 is 0.375 bits per heavy atom. The van der Waals surface area contributed by atoms with Gasteiger partial charge in [-0.25, -0.2) is 9.97 Å². The zero-order valence-electron chi connectivity index (χ0n) is 26.0. The third-order valence-corrected chi connectivity index (χ3v) is 9.53. The second kappa shape index (κ2) is 10.5. The van der Waals surface area contributed by atoms with Crippen LogP contribution in [0.15, 0.2) is 170 Å². The smallest absolute Gasteiger partial charge is 0.235 e. The number of nitrogens with zero attached hydrogens (tertiary/aromatic N) is 4. The second-order valence-electron chi connectivity index (χ2n) is 12.2. The fourth-order valence-corrected chi connectivity index (χ4v) is 7.45. The van der Waals surface area contributed by atoms with Crippen LogP contribution in [0.1, 0.15) is 0 Å². The van der Waals surface area contributed by atoms with E-state index >= 15 is 0 Å². The van der Waals surface area contributed by atoms with Crippen molar-refractivity contribution in [2.24, 2.45) is 0 Å². The summed E-state index contributed by atoms with van der Waals surface area (Å²) in [5.41, 5.74) is 11.0. The maximum Gasteiger partial charge on any atom is 0.235 e. The molecular formula is C44H28N4. The van der Waals surface area contributed by atoms with E-state index in [1.165, 1.54) is 43.7 Å². The Morgan fingerprint density at radius 2 is 1.00 bits per heavy atom. The van der Waals surface area contributed by atoms with Gasteiger partial charge in [-0.3, -0.25) is 4.57 Å². The third-order valence-electron chi connectivity index (χ3n) is 9.53. The number of aromatic nitrogens is 4. The highest BCUT2D eigenvalue weighted by Gasteiger charge is 2.20. The van der Waals surface area contributed by atoms with Crippen LogP contribution in [-0.2, 0) is 0 Å². The minimum atomic E-state index is 0.664. The lowest BCUT2D eigenvalue weighted by atomic mass is 9.98. The number of benzene rings is 7. The van der Waals surface area contributed by atoms with Crippen molar-refractivity contribution in [2.75, 3.05) is 0 Å². The van der Waals surface area contributed by atoms with Gasteiger partial charge in [-0.15, -0.1) is 0 Å². The molecule has 0 aliphatic rings. The SMILES string of the molecule is c1ccc(-c2nc(-n3c4ccccc4c4c(-c5ccc6c(c5)c5ccccc5n6-c5ccccc5)cccc43)nc3ccccc23)cc1. The quantitative estimate of drug-likeness (QED) is 0.198. The average molecular weight is 613 g/mol. The summed E-state index contributed by atoms with van der Waals surface area (Å²) >= 11 is 0. The van der Waals surface area contributed by atoms with Crippen LogP contribution in [0.3, 0.4) is 0 Å². The Bertz CT molecular complexity index is 2830. The van der Waals surface area contributed by atoms with Crippen LogP contribution in [0.4, 0.5) is 0 Å². The minimum absolute atomic E-state index is 0.664. The molecule has 224 valence electrons. The van der Waals surface area contributed by atoms with Crippen LogP contribution >= 0.6 is 0 Å². The maximum absolute atomic E-state index is 5.27. The molecule has 0 N–H and O–H groups in total. The molecule has 0 radical (unpaired) electrons. The molecule has 7 aromatic carbocycles. The number of fused-ring (bicyclic) bond motifs is 7. The monoisotopic (exact) mass is 612 g/mol. The lowest BCUT2D eigenvalue weighted by molar-refractivity contribution is 1.01. The van der Waals surface area contributed by atoms with Gasteiger partial charge < -0.3 is 4.57 Å². The standard InChI is InChI=1S/C44H28N4/c1-3-14-29(15-4-1)43-34-19-7-10-22-37(34)45-44(46-43)48-39-24-12-9-20-35(39)42-32(21-13-25-41(42)48)30-26-27-40-36(28-30)33-18-8-11-23-38(33)47(40)31-16-5-2-6-17-31/h1-28H. The van der Waals surface area contributed by atoms with E-state index in [9.17, 15) is 0 Å². The summed E-state index contributed by atoms with van der Waals surface area (Å²) in [6.07, 6.45) is 0. The summed E-state index contributed by atoms with van der Waals surface area (Å²) in [4.78, 5) is 10.4. The van der Waals surface area contributed by atoms with Gasteiger partial charge >= 0.3 is 0 Å². The molecule has 0 spiro atoms. The number of hydrogen-bond donors (Lipinski definition) is 0. The van der Waals surface area contributed by atoms with Crippen molar-refractivity contribution in [2.45, 2.75) is 0 Å². The van der Waals surface area contributed by atoms with Crippen LogP contribution < -0.4 is 0 Å². The normalized spacial score (nSPS) is 11.8. The van der Waals surface area contributed by atoms with E-state index in [0.717, 1.165) is 38.9 Å². The fourth-order valence-electron chi connectivity index (χ4n) is 7.45. The molecule has 10 rings (SSSR count). The molecular weight excluding hydrogens is 585 g/mol. The zero-order chi connectivity index (χ0) is 31.6. The lowest BCUT2D eigenvalue weighted by Gasteiger charge is -2.12. The first-order valence-corrected chi connectivity index (χ1v) is 16.3. The molecule has 0 bridgehead atoms. The molecule has 0 aliphatic heterocycles. The van der Waals surface area contributed by atoms with Crippen molar-refractivity contribution in [3.8, 4) is 34.0 Å². The van der Waals surface area contributed by atoms with Gasteiger partial charge in [0.1, 0.15) is 0 Å². The zero-order valence-corrected chi connectivity index (χ0v) is 26.0. The molecule has 0 saturated carbocycles. The van der Waals surface area contributed by atoms with Crippen molar-refractivity contribution in [1.82, 2.24) is 19.1 Å². The van der Waals surface area contributed by atoms with Gasteiger partial charge in [0.25, 0.3) is 0 Å². The van der Waals surface area contributed by atoms with E-state index in [-0.39, 0.29) is 0 Å². The first-order chi connectivity index (χ1) is 23.8. The topological polar surface area (TPSA) is 35.6 Å². The van der Waals surface area contributed by atoms with Crippen molar-refractivity contribution < 1.29 is 0 Å². The summed E-state index contributed by atoms with van der Waals surface area (Å²) in [7, 11) is 0. The number of rotatable bonds is 4. The van der Waals surface area contributed by atoms with Gasteiger partial charge in [-0.1, -0.05) is 121 Å². The summed E-state index contributed by atoms with van der Waals surface area (Å²) in [5, 5.41) is 5.88. The highest BCUT2D eigenvalue weighted by molar-refractivity contribution is 6.17. The molecule has 0 saturated heterocycles. The number of hydrogen-bond acceptors (Lipinski definition) is 2. The molecule has 3 heterocycles. The van der Waals surface area contributed by atoms with Crippen LogP contribution in [-0.4, -0.2) is 19.1 Å². The predicted octanol–water partition coefficient (Wildman–Crippen LogP) is 11.2. The molecule has 0 fully saturated rings.